The Kier molecular flexibility index (Phi) is 2.12. The molecular weight excluding hydrogens is 199 g/mol. The summed E-state index contributed by atoms with van der Waals surface area (Å²) in [5.41, 5.74) is -0.312. The molecule has 2 saturated carbocycles. The Labute approximate surface area is 99.2 Å². The maximum atomic E-state index is 6.23. The molecule has 0 amide bonds. The van der Waals surface area contributed by atoms with E-state index in [1.54, 1.807) is 0 Å². The second-order valence-corrected chi connectivity index (χ2v) is 6.97. The zero-order valence-electron chi connectivity index (χ0n) is 11.0. The molecule has 3 aliphatic rings. The second kappa shape index (κ2) is 3.05. The third-order valence-corrected chi connectivity index (χ3v) is 5.45. The lowest BCUT2D eigenvalue weighted by Crippen LogP contribution is -2.41. The van der Waals surface area contributed by atoms with Crippen molar-refractivity contribution in [2.75, 3.05) is 0 Å². The maximum Gasteiger partial charge on any atom is 0.464 e. The van der Waals surface area contributed by atoms with Crippen molar-refractivity contribution in [2.45, 2.75) is 76.3 Å². The quantitative estimate of drug-likeness (QED) is 0.633. The molecule has 16 heavy (non-hydrogen) atoms. The Morgan fingerprint density at radius 1 is 1.00 bits per heavy atom. The molecule has 2 atom stereocenters. The van der Waals surface area contributed by atoms with E-state index in [-0.39, 0.29) is 18.3 Å². The van der Waals surface area contributed by atoms with Gasteiger partial charge in [-0.25, -0.2) is 0 Å². The summed E-state index contributed by atoms with van der Waals surface area (Å²) in [5.74, 6) is 0.885. The van der Waals surface area contributed by atoms with E-state index in [9.17, 15) is 0 Å². The van der Waals surface area contributed by atoms with Crippen molar-refractivity contribution >= 4 is 7.12 Å². The van der Waals surface area contributed by atoms with E-state index >= 15 is 0 Å². The highest BCUT2D eigenvalue weighted by molar-refractivity contribution is 6.51. The van der Waals surface area contributed by atoms with Gasteiger partial charge in [-0.2, -0.15) is 0 Å². The summed E-state index contributed by atoms with van der Waals surface area (Å²) < 4.78 is 12.5. The normalized spacial score (nSPS) is 44.2. The minimum Gasteiger partial charge on any atom is -0.403 e. The number of fused-ring (bicyclic) bond motifs is 1. The number of hydrogen-bond acceptors (Lipinski definition) is 2. The molecule has 3 rings (SSSR count). The molecule has 1 saturated heterocycles. The van der Waals surface area contributed by atoms with Gasteiger partial charge in [0.1, 0.15) is 0 Å². The maximum absolute atomic E-state index is 6.23. The van der Waals surface area contributed by atoms with E-state index in [2.05, 4.69) is 27.7 Å². The molecule has 0 aromatic rings. The van der Waals surface area contributed by atoms with E-state index in [4.69, 9.17) is 9.31 Å². The monoisotopic (exact) mass is 222 g/mol. The summed E-state index contributed by atoms with van der Waals surface area (Å²) in [5, 5.41) is 0.392. The van der Waals surface area contributed by atoms with E-state index in [0.717, 1.165) is 5.92 Å². The van der Waals surface area contributed by atoms with E-state index in [1.165, 1.54) is 32.1 Å². The SMILES string of the molecule is CC1(C)OB(C23CCCCC2C3)OC1(C)C. The van der Waals surface area contributed by atoms with Gasteiger partial charge < -0.3 is 9.31 Å². The predicted octanol–water partition coefficient (Wildman–Crippen LogP) is 3.41. The van der Waals surface area contributed by atoms with Crippen LogP contribution in [0.25, 0.3) is 0 Å². The van der Waals surface area contributed by atoms with Crippen molar-refractivity contribution in [3.63, 3.8) is 0 Å². The number of hydrogen-bond donors (Lipinski definition) is 0. The van der Waals surface area contributed by atoms with Crippen LogP contribution in [0.1, 0.15) is 59.8 Å². The Hall–Kier alpha value is -0.0151. The molecule has 0 bridgehead atoms. The van der Waals surface area contributed by atoms with Crippen molar-refractivity contribution in [1.82, 2.24) is 0 Å². The van der Waals surface area contributed by atoms with Crippen LogP contribution in [0.4, 0.5) is 0 Å². The molecule has 3 heteroatoms. The van der Waals surface area contributed by atoms with Crippen molar-refractivity contribution in [3.8, 4) is 0 Å². The Bertz CT molecular complexity index is 297. The van der Waals surface area contributed by atoms with Crippen LogP contribution in [0.15, 0.2) is 0 Å². The Balaban J connectivity index is 1.79. The molecule has 0 radical (unpaired) electrons. The third kappa shape index (κ3) is 1.34. The summed E-state index contributed by atoms with van der Waals surface area (Å²) in [6.45, 7) is 8.63. The average Bonchev–Trinajstić information content (AvgIpc) is 2.85. The minimum atomic E-state index is -0.156. The molecule has 0 aromatic heterocycles. The molecule has 1 heterocycles. The molecule has 3 fully saturated rings. The summed E-state index contributed by atoms with van der Waals surface area (Å²) in [7, 11) is 0.0581. The van der Waals surface area contributed by atoms with Crippen molar-refractivity contribution in [1.29, 1.82) is 0 Å². The fourth-order valence-corrected chi connectivity index (χ4v) is 3.42. The Morgan fingerprint density at radius 3 is 2.19 bits per heavy atom. The first-order valence-electron chi connectivity index (χ1n) is 6.73. The van der Waals surface area contributed by atoms with E-state index in [1.807, 2.05) is 0 Å². The summed E-state index contributed by atoms with van der Waals surface area (Å²) in [4.78, 5) is 0. The van der Waals surface area contributed by atoms with Crippen LogP contribution in [0.3, 0.4) is 0 Å². The smallest absolute Gasteiger partial charge is 0.403 e. The van der Waals surface area contributed by atoms with Gasteiger partial charge in [0.25, 0.3) is 0 Å². The first-order chi connectivity index (χ1) is 7.37. The fraction of sp³-hybridized carbons (Fsp3) is 1.00. The Morgan fingerprint density at radius 2 is 1.62 bits per heavy atom. The van der Waals surface area contributed by atoms with Crippen LogP contribution >= 0.6 is 0 Å². The van der Waals surface area contributed by atoms with Crippen LogP contribution in [-0.4, -0.2) is 18.3 Å². The lowest BCUT2D eigenvalue weighted by molar-refractivity contribution is 0.00578. The zero-order valence-corrected chi connectivity index (χ0v) is 11.0. The third-order valence-electron chi connectivity index (χ3n) is 5.45. The van der Waals surface area contributed by atoms with Crippen LogP contribution in [-0.2, 0) is 9.31 Å². The van der Waals surface area contributed by atoms with Gasteiger partial charge in [-0.1, -0.05) is 19.3 Å². The van der Waals surface area contributed by atoms with Crippen LogP contribution in [0.5, 0.6) is 0 Å². The summed E-state index contributed by atoms with van der Waals surface area (Å²) in [6, 6.07) is 0. The molecule has 0 spiro atoms. The van der Waals surface area contributed by atoms with Gasteiger partial charge in [-0.05, 0) is 46.5 Å². The van der Waals surface area contributed by atoms with Gasteiger partial charge in [-0.3, -0.25) is 0 Å². The largest absolute Gasteiger partial charge is 0.464 e. The van der Waals surface area contributed by atoms with Crippen molar-refractivity contribution in [2.24, 2.45) is 5.92 Å². The lowest BCUT2D eigenvalue weighted by Gasteiger charge is -2.32. The molecule has 2 unspecified atom stereocenters. The summed E-state index contributed by atoms with van der Waals surface area (Å²) in [6.07, 6.45) is 6.81. The number of rotatable bonds is 1. The standard InChI is InChI=1S/C13H23BO2/c1-11(2)12(3,4)16-14(15-11)13-8-6-5-7-10(13)9-13/h10H,5-9H2,1-4H3. The average molecular weight is 222 g/mol. The van der Waals surface area contributed by atoms with Crippen molar-refractivity contribution in [3.05, 3.63) is 0 Å². The van der Waals surface area contributed by atoms with Gasteiger partial charge >= 0.3 is 7.12 Å². The van der Waals surface area contributed by atoms with Crippen LogP contribution in [0.2, 0.25) is 5.31 Å². The van der Waals surface area contributed by atoms with Crippen LogP contribution < -0.4 is 0 Å². The van der Waals surface area contributed by atoms with Gasteiger partial charge in [0.05, 0.1) is 11.2 Å². The highest BCUT2D eigenvalue weighted by Crippen LogP contribution is 2.71. The van der Waals surface area contributed by atoms with Crippen molar-refractivity contribution < 1.29 is 9.31 Å². The van der Waals surface area contributed by atoms with Gasteiger partial charge in [-0.15, -0.1) is 0 Å². The first kappa shape index (κ1) is 11.1. The summed E-state index contributed by atoms with van der Waals surface area (Å²) >= 11 is 0. The fourth-order valence-electron chi connectivity index (χ4n) is 3.42. The molecule has 90 valence electrons. The molecular formula is C13H23BO2. The minimum absolute atomic E-state index is 0.0581. The first-order valence-corrected chi connectivity index (χ1v) is 6.73. The van der Waals surface area contributed by atoms with Crippen LogP contribution in [0, 0.1) is 5.92 Å². The van der Waals surface area contributed by atoms with Gasteiger partial charge in [0.2, 0.25) is 0 Å². The molecule has 1 aliphatic heterocycles. The molecule has 2 nitrogen and oxygen atoms in total. The van der Waals surface area contributed by atoms with Gasteiger partial charge in [0.15, 0.2) is 0 Å². The molecule has 0 N–H and O–H groups in total. The predicted molar refractivity (Wildman–Crippen MR) is 65.4 cm³/mol. The van der Waals surface area contributed by atoms with E-state index in [0.29, 0.717) is 5.31 Å². The zero-order chi connectivity index (χ0) is 11.6. The molecule has 2 aliphatic carbocycles. The highest BCUT2D eigenvalue weighted by Gasteiger charge is 2.69. The lowest BCUT2D eigenvalue weighted by atomic mass is 9.62. The van der Waals surface area contributed by atoms with Gasteiger partial charge in [0, 0.05) is 5.31 Å². The second-order valence-electron chi connectivity index (χ2n) is 6.97. The van der Waals surface area contributed by atoms with E-state index < -0.39 is 0 Å². The molecule has 0 aromatic carbocycles. The topological polar surface area (TPSA) is 18.5 Å². The highest BCUT2D eigenvalue weighted by atomic mass is 16.7.